The molecule has 1 N–H and O–H groups in total. The summed E-state index contributed by atoms with van der Waals surface area (Å²) in [5, 5.41) is 2.99. The molecule has 0 saturated carbocycles. The summed E-state index contributed by atoms with van der Waals surface area (Å²) in [6.07, 6.45) is 6.57. The van der Waals surface area contributed by atoms with Gasteiger partial charge in [-0.15, -0.1) is 0 Å². The zero-order chi connectivity index (χ0) is 15.5. The zero-order valence-electron chi connectivity index (χ0n) is 13.7. The third-order valence-electron chi connectivity index (χ3n) is 4.08. The summed E-state index contributed by atoms with van der Waals surface area (Å²) in [5.41, 5.74) is 0. The minimum atomic E-state index is 0.158. The molecule has 1 heterocycles. The molecule has 0 bridgehead atoms. The molecule has 0 spiro atoms. The van der Waals surface area contributed by atoms with Crippen molar-refractivity contribution in [2.75, 3.05) is 39.3 Å². The molecule has 0 aromatic heterocycles. The van der Waals surface area contributed by atoms with Gasteiger partial charge in [0.1, 0.15) is 0 Å². The number of carbonyl (C=O) groups is 2. The largest absolute Gasteiger partial charge is 0.355 e. The van der Waals surface area contributed by atoms with E-state index in [1.165, 1.54) is 19.3 Å². The zero-order valence-corrected chi connectivity index (χ0v) is 13.7. The highest BCUT2D eigenvalue weighted by molar-refractivity contribution is 5.75. The van der Waals surface area contributed by atoms with Crippen LogP contribution in [0.3, 0.4) is 0 Å². The van der Waals surface area contributed by atoms with Crippen LogP contribution in [-0.4, -0.2) is 60.9 Å². The van der Waals surface area contributed by atoms with Crippen LogP contribution >= 0.6 is 0 Å². The van der Waals surface area contributed by atoms with Crippen molar-refractivity contribution < 1.29 is 9.59 Å². The topological polar surface area (TPSA) is 52.7 Å². The molecule has 122 valence electrons. The minimum absolute atomic E-state index is 0.158. The van der Waals surface area contributed by atoms with E-state index in [1.807, 2.05) is 4.90 Å². The van der Waals surface area contributed by atoms with E-state index in [0.717, 1.165) is 45.6 Å². The average Bonchev–Trinajstić information content (AvgIpc) is 2.47. The maximum atomic E-state index is 11.7. The lowest BCUT2D eigenvalue weighted by molar-refractivity contribution is -0.130. The first-order valence-corrected chi connectivity index (χ1v) is 8.38. The highest BCUT2D eigenvalue weighted by Gasteiger charge is 2.17. The van der Waals surface area contributed by atoms with Crippen molar-refractivity contribution in [1.82, 2.24) is 15.1 Å². The molecule has 0 unspecified atom stereocenters. The predicted octanol–water partition coefficient (Wildman–Crippen LogP) is 1.63. The number of nitrogens with one attached hydrogen (secondary N) is 1. The van der Waals surface area contributed by atoms with Crippen LogP contribution in [0.15, 0.2) is 0 Å². The Morgan fingerprint density at radius 3 is 2.29 bits per heavy atom. The molecule has 1 rings (SSSR count). The van der Waals surface area contributed by atoms with Crippen molar-refractivity contribution in [3.63, 3.8) is 0 Å². The van der Waals surface area contributed by atoms with Crippen LogP contribution in [0, 0.1) is 0 Å². The van der Waals surface area contributed by atoms with E-state index in [2.05, 4.69) is 17.1 Å². The summed E-state index contributed by atoms with van der Waals surface area (Å²) in [6, 6.07) is 0. The Morgan fingerprint density at radius 1 is 1.00 bits per heavy atom. The second-order valence-corrected chi connectivity index (χ2v) is 5.86. The average molecular weight is 297 g/mol. The van der Waals surface area contributed by atoms with E-state index >= 15 is 0 Å². The fraction of sp³-hybridized carbons (Fsp3) is 0.875. The molecule has 0 aromatic rings. The Labute approximate surface area is 129 Å². The molecule has 1 saturated heterocycles. The molecule has 0 aromatic carbocycles. The first kappa shape index (κ1) is 18.0. The molecule has 1 fully saturated rings. The van der Waals surface area contributed by atoms with E-state index in [4.69, 9.17) is 0 Å². The standard InChI is InChI=1S/C16H31N3O2/c1-3-4-5-6-7-8-16(21)17-9-10-18-11-13-19(14-12-18)15(2)20/h3-14H2,1-2H3,(H,17,21). The highest BCUT2D eigenvalue weighted by atomic mass is 16.2. The summed E-state index contributed by atoms with van der Waals surface area (Å²) in [5.74, 6) is 0.333. The molecular formula is C16H31N3O2. The van der Waals surface area contributed by atoms with Gasteiger partial charge in [0.25, 0.3) is 0 Å². The van der Waals surface area contributed by atoms with Crippen molar-refractivity contribution in [2.45, 2.75) is 52.4 Å². The van der Waals surface area contributed by atoms with Gasteiger partial charge in [0.15, 0.2) is 0 Å². The van der Waals surface area contributed by atoms with E-state index < -0.39 is 0 Å². The lowest BCUT2D eigenvalue weighted by Gasteiger charge is -2.34. The van der Waals surface area contributed by atoms with Gasteiger partial charge in [0, 0.05) is 52.6 Å². The number of hydrogen-bond acceptors (Lipinski definition) is 3. The quantitative estimate of drug-likeness (QED) is 0.658. The monoisotopic (exact) mass is 297 g/mol. The van der Waals surface area contributed by atoms with E-state index in [0.29, 0.717) is 13.0 Å². The summed E-state index contributed by atoms with van der Waals surface area (Å²) in [6.45, 7) is 8.85. The summed E-state index contributed by atoms with van der Waals surface area (Å²) >= 11 is 0. The SMILES string of the molecule is CCCCCCCC(=O)NCCN1CCN(C(C)=O)CC1. The minimum Gasteiger partial charge on any atom is -0.355 e. The first-order valence-electron chi connectivity index (χ1n) is 8.38. The van der Waals surface area contributed by atoms with Crippen LogP contribution in [0.2, 0.25) is 0 Å². The Bertz CT molecular complexity index is 313. The normalized spacial score (nSPS) is 16.0. The molecule has 2 amide bonds. The number of nitrogens with zero attached hydrogens (tertiary/aromatic N) is 2. The van der Waals surface area contributed by atoms with Gasteiger partial charge in [0.05, 0.1) is 0 Å². The number of unbranched alkanes of at least 4 members (excludes halogenated alkanes) is 4. The van der Waals surface area contributed by atoms with Crippen LogP contribution in [-0.2, 0) is 9.59 Å². The molecule has 5 nitrogen and oxygen atoms in total. The fourth-order valence-electron chi connectivity index (χ4n) is 2.62. The molecule has 1 aliphatic heterocycles. The van der Waals surface area contributed by atoms with Crippen LogP contribution in [0.25, 0.3) is 0 Å². The molecule has 0 atom stereocenters. The smallest absolute Gasteiger partial charge is 0.220 e. The molecule has 0 aliphatic carbocycles. The van der Waals surface area contributed by atoms with Gasteiger partial charge >= 0.3 is 0 Å². The predicted molar refractivity (Wildman–Crippen MR) is 85.1 cm³/mol. The van der Waals surface area contributed by atoms with Crippen LogP contribution in [0.5, 0.6) is 0 Å². The number of carbonyl (C=O) groups excluding carboxylic acids is 2. The van der Waals surface area contributed by atoms with E-state index in [9.17, 15) is 9.59 Å². The van der Waals surface area contributed by atoms with Gasteiger partial charge in [-0.1, -0.05) is 32.6 Å². The highest BCUT2D eigenvalue weighted by Crippen LogP contribution is 2.05. The van der Waals surface area contributed by atoms with Crippen molar-refractivity contribution in [2.24, 2.45) is 0 Å². The van der Waals surface area contributed by atoms with Crippen molar-refractivity contribution in [1.29, 1.82) is 0 Å². The molecular weight excluding hydrogens is 266 g/mol. The summed E-state index contributed by atoms with van der Waals surface area (Å²) in [7, 11) is 0. The first-order chi connectivity index (χ1) is 10.1. The summed E-state index contributed by atoms with van der Waals surface area (Å²) < 4.78 is 0. The van der Waals surface area contributed by atoms with Crippen LogP contribution < -0.4 is 5.32 Å². The van der Waals surface area contributed by atoms with Gasteiger partial charge in [-0.25, -0.2) is 0 Å². The summed E-state index contributed by atoms with van der Waals surface area (Å²) in [4.78, 5) is 27.1. The molecule has 1 aliphatic rings. The lowest BCUT2D eigenvalue weighted by atomic mass is 10.1. The number of hydrogen-bond donors (Lipinski definition) is 1. The maximum absolute atomic E-state index is 11.7. The van der Waals surface area contributed by atoms with E-state index in [-0.39, 0.29) is 11.8 Å². The maximum Gasteiger partial charge on any atom is 0.220 e. The molecule has 5 heteroatoms. The van der Waals surface area contributed by atoms with Crippen LogP contribution in [0.1, 0.15) is 52.4 Å². The number of amides is 2. The number of rotatable bonds is 9. The number of piperazine rings is 1. The Balaban J connectivity index is 1.98. The third-order valence-corrected chi connectivity index (χ3v) is 4.08. The van der Waals surface area contributed by atoms with Gasteiger partial charge < -0.3 is 10.2 Å². The van der Waals surface area contributed by atoms with Crippen molar-refractivity contribution in [3.05, 3.63) is 0 Å². The van der Waals surface area contributed by atoms with Crippen molar-refractivity contribution in [3.8, 4) is 0 Å². The van der Waals surface area contributed by atoms with E-state index in [1.54, 1.807) is 6.92 Å². The fourth-order valence-corrected chi connectivity index (χ4v) is 2.62. The third kappa shape index (κ3) is 8.05. The van der Waals surface area contributed by atoms with Gasteiger partial charge in [-0.05, 0) is 6.42 Å². The van der Waals surface area contributed by atoms with Crippen LogP contribution in [0.4, 0.5) is 0 Å². The van der Waals surface area contributed by atoms with Crippen molar-refractivity contribution >= 4 is 11.8 Å². The second-order valence-electron chi connectivity index (χ2n) is 5.86. The van der Waals surface area contributed by atoms with Gasteiger partial charge in [-0.2, -0.15) is 0 Å². The molecule has 21 heavy (non-hydrogen) atoms. The Morgan fingerprint density at radius 2 is 1.67 bits per heavy atom. The lowest BCUT2D eigenvalue weighted by Crippen LogP contribution is -2.49. The Hall–Kier alpha value is -1.10. The molecule has 0 radical (unpaired) electrons. The van der Waals surface area contributed by atoms with Gasteiger partial charge in [-0.3, -0.25) is 14.5 Å². The Kier molecular flexibility index (Phi) is 9.06. The van der Waals surface area contributed by atoms with Gasteiger partial charge in [0.2, 0.25) is 11.8 Å². The second kappa shape index (κ2) is 10.6.